The van der Waals surface area contributed by atoms with Crippen molar-refractivity contribution in [2.45, 2.75) is 6.92 Å². The molecule has 1 heterocycles. The van der Waals surface area contributed by atoms with E-state index in [1.807, 2.05) is 12.1 Å². The fourth-order valence-corrected chi connectivity index (χ4v) is 2.29. The van der Waals surface area contributed by atoms with E-state index >= 15 is 0 Å². The summed E-state index contributed by atoms with van der Waals surface area (Å²) in [7, 11) is 0. The zero-order valence-corrected chi connectivity index (χ0v) is 13.9. The van der Waals surface area contributed by atoms with Crippen LogP contribution in [0.5, 0.6) is 5.75 Å². The molecule has 0 bridgehead atoms. The highest BCUT2D eigenvalue weighted by Crippen LogP contribution is 2.22. The molecule has 0 aliphatic carbocycles. The largest absolute Gasteiger partial charge is 0.482 e. The van der Waals surface area contributed by atoms with Gasteiger partial charge in [-0.05, 0) is 42.5 Å². The van der Waals surface area contributed by atoms with Crippen molar-refractivity contribution in [2.24, 2.45) is 0 Å². The molecule has 0 saturated carbocycles. The highest BCUT2D eigenvalue weighted by atomic mass is 16.5. The van der Waals surface area contributed by atoms with Gasteiger partial charge in [0, 0.05) is 23.7 Å². The molecule has 0 aliphatic heterocycles. The third-order valence-electron chi connectivity index (χ3n) is 3.51. The summed E-state index contributed by atoms with van der Waals surface area (Å²) in [5, 5.41) is 11.4. The molecule has 26 heavy (non-hydrogen) atoms. The van der Waals surface area contributed by atoms with Gasteiger partial charge in [-0.2, -0.15) is 0 Å². The number of aryl methyl sites for hydroxylation is 1. The molecule has 1 aromatic heterocycles. The van der Waals surface area contributed by atoms with Crippen LogP contribution in [0, 0.1) is 6.92 Å². The normalized spacial score (nSPS) is 10.3. The number of hydrogen-bond donors (Lipinski definition) is 2. The van der Waals surface area contributed by atoms with Crippen molar-refractivity contribution in [1.82, 2.24) is 4.98 Å². The Morgan fingerprint density at radius 2 is 1.96 bits per heavy atom. The lowest BCUT2D eigenvalue weighted by Crippen LogP contribution is -2.13. The predicted molar refractivity (Wildman–Crippen MR) is 94.2 cm³/mol. The number of nitrogens with zero attached hydrogens (tertiary/aromatic N) is 1. The topological polar surface area (TPSA) is 102 Å². The van der Waals surface area contributed by atoms with E-state index in [4.69, 9.17) is 14.3 Å². The lowest BCUT2D eigenvalue weighted by Gasteiger charge is -2.08. The van der Waals surface area contributed by atoms with Gasteiger partial charge >= 0.3 is 5.97 Å². The van der Waals surface area contributed by atoms with Crippen LogP contribution in [-0.4, -0.2) is 28.6 Å². The summed E-state index contributed by atoms with van der Waals surface area (Å²) < 4.78 is 10.5. The number of benzene rings is 2. The molecule has 2 aromatic carbocycles. The number of carbonyl (C=O) groups excluding carboxylic acids is 1. The molecule has 0 aliphatic rings. The van der Waals surface area contributed by atoms with Crippen molar-refractivity contribution in [3.8, 4) is 17.1 Å². The Labute approximate surface area is 149 Å². The summed E-state index contributed by atoms with van der Waals surface area (Å²) in [6, 6.07) is 13.5. The van der Waals surface area contributed by atoms with Crippen LogP contribution in [0.2, 0.25) is 0 Å². The fraction of sp³-hybridized carbons (Fsp3) is 0.105. The van der Waals surface area contributed by atoms with Crippen molar-refractivity contribution in [3.63, 3.8) is 0 Å². The zero-order chi connectivity index (χ0) is 18.5. The second-order valence-electron chi connectivity index (χ2n) is 5.49. The third-order valence-corrected chi connectivity index (χ3v) is 3.51. The number of hydrogen-bond acceptors (Lipinski definition) is 5. The smallest absolute Gasteiger partial charge is 0.341 e. The number of rotatable bonds is 6. The first-order valence-corrected chi connectivity index (χ1v) is 7.80. The summed E-state index contributed by atoms with van der Waals surface area (Å²) >= 11 is 0. The number of oxazole rings is 1. The Kier molecular flexibility index (Phi) is 4.98. The van der Waals surface area contributed by atoms with Crippen molar-refractivity contribution in [3.05, 3.63) is 66.2 Å². The van der Waals surface area contributed by atoms with Gasteiger partial charge in [-0.1, -0.05) is 6.07 Å². The van der Waals surface area contributed by atoms with Crippen LogP contribution in [0.25, 0.3) is 11.3 Å². The summed E-state index contributed by atoms with van der Waals surface area (Å²) in [5.41, 5.74) is 1.84. The van der Waals surface area contributed by atoms with Gasteiger partial charge in [-0.3, -0.25) is 4.79 Å². The van der Waals surface area contributed by atoms with Crippen LogP contribution in [0.4, 0.5) is 5.69 Å². The second kappa shape index (κ2) is 7.52. The molecule has 0 atom stereocenters. The number of anilines is 1. The third kappa shape index (κ3) is 4.27. The van der Waals surface area contributed by atoms with E-state index in [2.05, 4.69) is 10.3 Å². The van der Waals surface area contributed by atoms with Gasteiger partial charge in [-0.15, -0.1) is 0 Å². The van der Waals surface area contributed by atoms with E-state index in [9.17, 15) is 9.59 Å². The number of amides is 1. The Hall–Kier alpha value is -3.61. The van der Waals surface area contributed by atoms with Gasteiger partial charge in [0.25, 0.3) is 5.91 Å². The van der Waals surface area contributed by atoms with Crippen molar-refractivity contribution in [1.29, 1.82) is 0 Å². The van der Waals surface area contributed by atoms with Gasteiger partial charge in [-0.25, -0.2) is 9.78 Å². The van der Waals surface area contributed by atoms with Gasteiger partial charge in [0.05, 0.1) is 6.20 Å². The molecule has 7 heteroatoms. The average Bonchev–Trinajstić information content (AvgIpc) is 3.07. The first-order valence-electron chi connectivity index (χ1n) is 7.80. The van der Waals surface area contributed by atoms with E-state index in [-0.39, 0.29) is 5.91 Å². The maximum Gasteiger partial charge on any atom is 0.341 e. The molecule has 132 valence electrons. The molecule has 2 N–H and O–H groups in total. The van der Waals surface area contributed by atoms with Crippen LogP contribution >= 0.6 is 0 Å². The molecule has 0 saturated heterocycles. The van der Waals surface area contributed by atoms with E-state index < -0.39 is 12.6 Å². The molecule has 1 amide bonds. The SMILES string of the molecule is Cc1ncc(-c2ccc(NC(=O)c3cccc(OCC(=O)O)c3)cc2)o1. The Morgan fingerprint density at radius 1 is 1.19 bits per heavy atom. The maximum atomic E-state index is 12.4. The van der Waals surface area contributed by atoms with Crippen molar-refractivity contribution < 1.29 is 23.8 Å². The van der Waals surface area contributed by atoms with Crippen molar-refractivity contribution >= 4 is 17.6 Å². The number of carboxylic acids is 1. The predicted octanol–water partition coefficient (Wildman–Crippen LogP) is 3.37. The molecule has 0 fully saturated rings. The monoisotopic (exact) mass is 352 g/mol. The molecule has 3 rings (SSSR count). The molecule has 3 aromatic rings. The van der Waals surface area contributed by atoms with Gasteiger partial charge < -0.3 is 19.6 Å². The second-order valence-corrected chi connectivity index (χ2v) is 5.49. The van der Waals surface area contributed by atoms with Crippen LogP contribution in [0.15, 0.2) is 59.1 Å². The van der Waals surface area contributed by atoms with Gasteiger partial charge in [0.2, 0.25) is 0 Å². The average molecular weight is 352 g/mol. The summed E-state index contributed by atoms with van der Waals surface area (Å²) in [5.74, 6) is 0.151. The Balaban J connectivity index is 1.68. The molecule has 0 spiro atoms. The maximum absolute atomic E-state index is 12.4. The highest BCUT2D eigenvalue weighted by molar-refractivity contribution is 6.04. The van der Waals surface area contributed by atoms with E-state index in [1.165, 1.54) is 6.07 Å². The number of ether oxygens (including phenoxy) is 1. The molecule has 0 unspecified atom stereocenters. The standard InChI is InChI=1S/C19H16N2O5/c1-12-20-10-17(26-12)13-5-7-15(8-6-13)21-19(24)14-3-2-4-16(9-14)25-11-18(22)23/h2-10H,11H2,1H3,(H,21,24)(H,22,23). The van der Waals surface area contributed by atoms with E-state index in [0.29, 0.717) is 28.7 Å². The summed E-state index contributed by atoms with van der Waals surface area (Å²) in [4.78, 5) is 27.0. The molecule has 0 radical (unpaired) electrons. The van der Waals surface area contributed by atoms with Crippen LogP contribution in [0.3, 0.4) is 0 Å². The first kappa shape index (κ1) is 17.2. The Bertz CT molecular complexity index is 931. The lowest BCUT2D eigenvalue weighted by molar-refractivity contribution is -0.139. The van der Waals surface area contributed by atoms with Gasteiger partial charge in [0.15, 0.2) is 18.3 Å². The zero-order valence-electron chi connectivity index (χ0n) is 13.9. The van der Waals surface area contributed by atoms with E-state index in [0.717, 1.165) is 5.56 Å². The van der Waals surface area contributed by atoms with Crippen LogP contribution in [-0.2, 0) is 4.79 Å². The van der Waals surface area contributed by atoms with Crippen LogP contribution < -0.4 is 10.1 Å². The summed E-state index contributed by atoms with van der Waals surface area (Å²) in [6.07, 6.45) is 1.64. The van der Waals surface area contributed by atoms with E-state index in [1.54, 1.807) is 43.5 Å². The van der Waals surface area contributed by atoms with Crippen molar-refractivity contribution in [2.75, 3.05) is 11.9 Å². The molecular weight excluding hydrogens is 336 g/mol. The quantitative estimate of drug-likeness (QED) is 0.705. The number of nitrogens with one attached hydrogen (secondary N) is 1. The first-order chi connectivity index (χ1) is 12.5. The molecule has 7 nitrogen and oxygen atoms in total. The van der Waals surface area contributed by atoms with Gasteiger partial charge in [0.1, 0.15) is 5.75 Å². The minimum Gasteiger partial charge on any atom is -0.482 e. The summed E-state index contributed by atoms with van der Waals surface area (Å²) in [6.45, 7) is 1.31. The fourth-order valence-electron chi connectivity index (χ4n) is 2.29. The number of aliphatic carboxylic acids is 1. The lowest BCUT2D eigenvalue weighted by atomic mass is 10.1. The minimum absolute atomic E-state index is 0.316. The number of aromatic nitrogens is 1. The Morgan fingerprint density at radius 3 is 2.62 bits per heavy atom. The minimum atomic E-state index is -1.08. The highest BCUT2D eigenvalue weighted by Gasteiger charge is 2.09. The van der Waals surface area contributed by atoms with Crippen LogP contribution in [0.1, 0.15) is 16.2 Å². The number of carbonyl (C=O) groups is 2. The molecular formula is C19H16N2O5. The number of carboxylic acid groups (broad SMARTS) is 1.